The van der Waals surface area contributed by atoms with Gasteiger partial charge in [-0.2, -0.15) is 0 Å². The fraction of sp³-hybridized carbons (Fsp3) is 0.125. The van der Waals surface area contributed by atoms with Crippen LogP contribution in [0.15, 0.2) is 77.8 Å². The average molecular weight is 399 g/mol. The maximum absolute atomic E-state index is 13.4. The topological polar surface area (TPSA) is 96.0 Å². The molecule has 0 aliphatic carbocycles. The predicted molar refractivity (Wildman–Crippen MR) is 115 cm³/mol. The van der Waals surface area contributed by atoms with Gasteiger partial charge in [-0.05, 0) is 46.9 Å². The summed E-state index contributed by atoms with van der Waals surface area (Å²) < 4.78 is 0. The van der Waals surface area contributed by atoms with Crippen molar-refractivity contribution in [3.63, 3.8) is 0 Å². The van der Waals surface area contributed by atoms with Gasteiger partial charge in [0.15, 0.2) is 11.5 Å². The molecule has 3 aromatic carbocycles. The van der Waals surface area contributed by atoms with Gasteiger partial charge in [0.1, 0.15) is 0 Å². The number of guanidine groups is 1. The molecule has 1 aliphatic rings. The maximum atomic E-state index is 13.4. The molecule has 30 heavy (non-hydrogen) atoms. The third kappa shape index (κ3) is 2.85. The Bertz CT molecular complexity index is 1190. The van der Waals surface area contributed by atoms with Crippen molar-refractivity contribution in [2.75, 3.05) is 7.05 Å². The lowest BCUT2D eigenvalue weighted by atomic mass is 9.79. The van der Waals surface area contributed by atoms with Crippen LogP contribution in [0.5, 0.6) is 0 Å². The van der Waals surface area contributed by atoms with E-state index >= 15 is 0 Å². The van der Waals surface area contributed by atoms with Crippen molar-refractivity contribution >= 4 is 17.8 Å². The normalized spacial score (nSPS) is 18.4. The Morgan fingerprint density at radius 3 is 2.37 bits per heavy atom. The number of amides is 1. The van der Waals surface area contributed by atoms with Crippen LogP contribution in [0.1, 0.15) is 27.0 Å². The number of likely N-dealkylation sites (N-methyl/N-ethyl adjacent to an activating group) is 1. The summed E-state index contributed by atoms with van der Waals surface area (Å²) in [6.45, 7) is 1.92. The van der Waals surface area contributed by atoms with Gasteiger partial charge < -0.3 is 10.8 Å². The summed E-state index contributed by atoms with van der Waals surface area (Å²) in [4.78, 5) is 30.9. The molecule has 1 amide bonds. The molecule has 1 heterocycles. The summed E-state index contributed by atoms with van der Waals surface area (Å²) in [5.41, 5.74) is 8.84. The van der Waals surface area contributed by atoms with Crippen molar-refractivity contribution in [1.29, 1.82) is 0 Å². The predicted octanol–water partition coefficient (Wildman–Crippen LogP) is 3.39. The summed E-state index contributed by atoms with van der Waals surface area (Å²) in [5, 5.41) is 9.35. The molecule has 1 unspecified atom stereocenters. The van der Waals surface area contributed by atoms with Crippen molar-refractivity contribution < 1.29 is 14.7 Å². The standard InChI is InChI=1S/C24H21N3O3/c1-15-19(16-8-6-9-17(14-16)21(28)29)12-7-13-20(15)24(18-10-4-3-5-11-18)22(30)27(2)23(25)26-24/h3-14H,1-2H3,(H2,25,26)(H,28,29). The molecule has 0 aromatic heterocycles. The molecule has 6 nitrogen and oxygen atoms in total. The molecular formula is C24H21N3O3. The Morgan fingerprint density at radius 1 is 1.03 bits per heavy atom. The number of carboxylic acid groups (broad SMARTS) is 1. The van der Waals surface area contributed by atoms with Crippen LogP contribution in [0, 0.1) is 6.92 Å². The Kier molecular flexibility index (Phi) is 4.62. The number of nitrogens with zero attached hydrogens (tertiary/aromatic N) is 2. The zero-order valence-corrected chi connectivity index (χ0v) is 16.7. The maximum Gasteiger partial charge on any atom is 0.335 e. The number of aromatic carboxylic acids is 1. The lowest BCUT2D eigenvalue weighted by Crippen LogP contribution is -2.41. The van der Waals surface area contributed by atoms with Crippen LogP contribution in [0.25, 0.3) is 11.1 Å². The number of carbonyl (C=O) groups is 2. The molecule has 3 N–H and O–H groups in total. The fourth-order valence-corrected chi connectivity index (χ4v) is 4.00. The Balaban J connectivity index is 1.97. The smallest absolute Gasteiger partial charge is 0.335 e. The van der Waals surface area contributed by atoms with E-state index in [0.29, 0.717) is 5.56 Å². The molecule has 6 heteroatoms. The number of carbonyl (C=O) groups excluding carboxylic acids is 1. The first kappa shape index (κ1) is 19.4. The van der Waals surface area contributed by atoms with E-state index in [-0.39, 0.29) is 17.4 Å². The average Bonchev–Trinajstić information content (AvgIpc) is 2.99. The highest BCUT2D eigenvalue weighted by Crippen LogP contribution is 2.42. The number of carboxylic acids is 1. The molecule has 0 saturated carbocycles. The number of hydrogen-bond acceptors (Lipinski definition) is 4. The van der Waals surface area contributed by atoms with E-state index in [4.69, 9.17) is 5.73 Å². The molecule has 1 aliphatic heterocycles. The van der Waals surface area contributed by atoms with E-state index in [9.17, 15) is 14.7 Å². The van der Waals surface area contributed by atoms with Crippen LogP contribution in [-0.4, -0.2) is 34.9 Å². The molecule has 0 spiro atoms. The van der Waals surface area contributed by atoms with Crippen LogP contribution in [0.2, 0.25) is 0 Å². The summed E-state index contributed by atoms with van der Waals surface area (Å²) >= 11 is 0. The van der Waals surface area contributed by atoms with E-state index in [0.717, 1.165) is 22.3 Å². The minimum absolute atomic E-state index is 0.154. The second-order valence-corrected chi connectivity index (χ2v) is 7.27. The van der Waals surface area contributed by atoms with Crippen LogP contribution in [-0.2, 0) is 10.3 Å². The highest BCUT2D eigenvalue weighted by molar-refractivity contribution is 6.09. The number of rotatable bonds is 4. The zero-order chi connectivity index (χ0) is 21.5. The fourth-order valence-electron chi connectivity index (χ4n) is 4.00. The Labute approximate surface area is 174 Å². The number of aliphatic imine (C=N–C) groups is 1. The summed E-state index contributed by atoms with van der Waals surface area (Å²) in [5.74, 6) is -1.07. The van der Waals surface area contributed by atoms with Crippen molar-refractivity contribution in [2.24, 2.45) is 10.7 Å². The van der Waals surface area contributed by atoms with Gasteiger partial charge in [-0.25, -0.2) is 9.79 Å². The monoisotopic (exact) mass is 399 g/mol. The Morgan fingerprint density at radius 2 is 1.73 bits per heavy atom. The summed E-state index contributed by atoms with van der Waals surface area (Å²) in [6.07, 6.45) is 0. The number of benzene rings is 3. The quantitative estimate of drug-likeness (QED) is 0.703. The highest BCUT2D eigenvalue weighted by atomic mass is 16.4. The van der Waals surface area contributed by atoms with Crippen molar-refractivity contribution in [3.05, 3.63) is 95.1 Å². The number of nitrogens with two attached hydrogens (primary N) is 1. The molecule has 0 fully saturated rings. The first-order valence-electron chi connectivity index (χ1n) is 9.49. The zero-order valence-electron chi connectivity index (χ0n) is 16.7. The number of hydrogen-bond donors (Lipinski definition) is 2. The summed E-state index contributed by atoms with van der Waals surface area (Å²) in [7, 11) is 1.61. The van der Waals surface area contributed by atoms with Gasteiger partial charge >= 0.3 is 5.97 Å². The SMILES string of the molecule is Cc1c(-c2cccc(C(=O)O)c2)cccc1C1(c2ccccc2)N=C(N)N(C)C1=O. The molecule has 0 bridgehead atoms. The largest absolute Gasteiger partial charge is 0.478 e. The van der Waals surface area contributed by atoms with Gasteiger partial charge in [0, 0.05) is 7.05 Å². The first-order chi connectivity index (χ1) is 14.4. The lowest BCUT2D eigenvalue weighted by Gasteiger charge is -2.28. The third-order valence-corrected chi connectivity index (χ3v) is 5.58. The van der Waals surface area contributed by atoms with Gasteiger partial charge in [-0.1, -0.05) is 60.7 Å². The van der Waals surface area contributed by atoms with E-state index in [1.807, 2.05) is 61.5 Å². The van der Waals surface area contributed by atoms with E-state index in [2.05, 4.69) is 4.99 Å². The molecule has 1 atom stereocenters. The second kappa shape index (κ2) is 7.15. The van der Waals surface area contributed by atoms with Gasteiger partial charge in [0.2, 0.25) is 0 Å². The van der Waals surface area contributed by atoms with Crippen molar-refractivity contribution in [2.45, 2.75) is 12.5 Å². The van der Waals surface area contributed by atoms with E-state index < -0.39 is 11.5 Å². The highest BCUT2D eigenvalue weighted by Gasteiger charge is 2.50. The van der Waals surface area contributed by atoms with Crippen LogP contribution < -0.4 is 5.73 Å². The van der Waals surface area contributed by atoms with Crippen LogP contribution in [0.4, 0.5) is 0 Å². The van der Waals surface area contributed by atoms with Gasteiger partial charge in [-0.15, -0.1) is 0 Å². The third-order valence-electron chi connectivity index (χ3n) is 5.58. The lowest BCUT2D eigenvalue weighted by molar-refractivity contribution is -0.129. The van der Waals surface area contributed by atoms with Crippen LogP contribution >= 0.6 is 0 Å². The van der Waals surface area contributed by atoms with Gasteiger partial charge in [0.05, 0.1) is 5.56 Å². The molecule has 0 radical (unpaired) electrons. The van der Waals surface area contributed by atoms with Crippen molar-refractivity contribution in [1.82, 2.24) is 4.90 Å². The summed E-state index contributed by atoms with van der Waals surface area (Å²) in [6, 6.07) is 21.7. The van der Waals surface area contributed by atoms with Gasteiger partial charge in [-0.3, -0.25) is 9.69 Å². The molecule has 0 saturated heterocycles. The molecule has 150 valence electrons. The molecule has 3 aromatic rings. The minimum atomic E-state index is -1.29. The molecular weight excluding hydrogens is 378 g/mol. The minimum Gasteiger partial charge on any atom is -0.478 e. The van der Waals surface area contributed by atoms with Crippen LogP contribution in [0.3, 0.4) is 0 Å². The van der Waals surface area contributed by atoms with E-state index in [1.54, 1.807) is 25.2 Å². The second-order valence-electron chi connectivity index (χ2n) is 7.27. The van der Waals surface area contributed by atoms with Crippen molar-refractivity contribution in [3.8, 4) is 11.1 Å². The Hall–Kier alpha value is -3.93. The van der Waals surface area contributed by atoms with E-state index in [1.165, 1.54) is 4.90 Å². The first-order valence-corrected chi connectivity index (χ1v) is 9.49. The van der Waals surface area contributed by atoms with Gasteiger partial charge in [0.25, 0.3) is 5.91 Å². The molecule has 4 rings (SSSR count).